The van der Waals surface area contributed by atoms with E-state index in [-0.39, 0.29) is 5.91 Å². The molecule has 2 rings (SSSR count). The van der Waals surface area contributed by atoms with E-state index < -0.39 is 10.0 Å². The minimum absolute atomic E-state index is 0.222. The number of hydrogen-bond donors (Lipinski definition) is 1. The highest BCUT2D eigenvalue weighted by Gasteiger charge is 2.13. The standard InChI is InChI=1S/C14H19N5O3S/c1-18-13(16-10-17-18)8-9-15-14(20)11-4-6-12(7-5-11)19(2)23(3,21)22/h4-7,10H,8-9H2,1-3H3,(H,15,20). The minimum atomic E-state index is -3.31. The van der Waals surface area contributed by atoms with E-state index >= 15 is 0 Å². The third kappa shape index (κ3) is 4.28. The van der Waals surface area contributed by atoms with Gasteiger partial charge >= 0.3 is 0 Å². The predicted molar refractivity (Wildman–Crippen MR) is 86.7 cm³/mol. The number of amides is 1. The zero-order valence-electron chi connectivity index (χ0n) is 13.2. The number of nitrogens with one attached hydrogen (secondary N) is 1. The molecule has 1 N–H and O–H groups in total. The number of hydrogen-bond acceptors (Lipinski definition) is 5. The first-order valence-electron chi connectivity index (χ1n) is 6.94. The molecule has 0 unspecified atom stereocenters. The molecule has 0 spiro atoms. The van der Waals surface area contributed by atoms with Gasteiger partial charge in [0.15, 0.2) is 0 Å². The van der Waals surface area contributed by atoms with E-state index in [1.54, 1.807) is 36.0 Å². The number of carbonyl (C=O) groups excluding carboxylic acids is 1. The van der Waals surface area contributed by atoms with Crippen LogP contribution in [0.4, 0.5) is 5.69 Å². The van der Waals surface area contributed by atoms with Crippen molar-refractivity contribution < 1.29 is 13.2 Å². The molecule has 0 saturated heterocycles. The Balaban J connectivity index is 1.94. The lowest BCUT2D eigenvalue weighted by atomic mass is 10.2. The molecule has 0 aliphatic rings. The van der Waals surface area contributed by atoms with Crippen molar-refractivity contribution in [2.24, 2.45) is 7.05 Å². The second kappa shape index (κ2) is 6.78. The normalized spacial score (nSPS) is 11.3. The van der Waals surface area contributed by atoms with Crippen LogP contribution >= 0.6 is 0 Å². The molecule has 0 radical (unpaired) electrons. The highest BCUT2D eigenvalue weighted by molar-refractivity contribution is 7.92. The van der Waals surface area contributed by atoms with Crippen LogP contribution in [0, 0.1) is 0 Å². The average Bonchev–Trinajstić information content (AvgIpc) is 2.91. The van der Waals surface area contributed by atoms with Crippen molar-refractivity contribution in [3.05, 3.63) is 42.0 Å². The lowest BCUT2D eigenvalue weighted by Gasteiger charge is -2.16. The maximum atomic E-state index is 12.1. The van der Waals surface area contributed by atoms with E-state index in [9.17, 15) is 13.2 Å². The van der Waals surface area contributed by atoms with E-state index in [0.717, 1.165) is 16.4 Å². The second-order valence-corrected chi connectivity index (χ2v) is 7.10. The lowest BCUT2D eigenvalue weighted by Crippen LogP contribution is -2.27. The molecule has 8 nitrogen and oxygen atoms in total. The summed E-state index contributed by atoms with van der Waals surface area (Å²) in [6.45, 7) is 0.441. The van der Waals surface area contributed by atoms with Crippen molar-refractivity contribution in [2.75, 3.05) is 24.2 Å². The molecule has 1 heterocycles. The lowest BCUT2D eigenvalue weighted by molar-refractivity contribution is 0.0954. The summed E-state index contributed by atoms with van der Waals surface area (Å²) in [5.41, 5.74) is 0.969. The number of rotatable bonds is 6. The van der Waals surface area contributed by atoms with Gasteiger partial charge in [0, 0.05) is 32.6 Å². The summed E-state index contributed by atoms with van der Waals surface area (Å²) in [6.07, 6.45) is 3.17. The third-order valence-corrected chi connectivity index (χ3v) is 4.64. The average molecular weight is 337 g/mol. The van der Waals surface area contributed by atoms with Crippen molar-refractivity contribution in [1.82, 2.24) is 20.1 Å². The van der Waals surface area contributed by atoms with E-state index in [0.29, 0.717) is 24.2 Å². The maximum Gasteiger partial charge on any atom is 0.251 e. The molecule has 0 bridgehead atoms. The monoisotopic (exact) mass is 337 g/mol. The molecule has 23 heavy (non-hydrogen) atoms. The van der Waals surface area contributed by atoms with Crippen LogP contribution in [-0.4, -0.2) is 48.9 Å². The molecule has 0 atom stereocenters. The van der Waals surface area contributed by atoms with Crippen LogP contribution in [0.2, 0.25) is 0 Å². The molecule has 0 aliphatic heterocycles. The highest BCUT2D eigenvalue weighted by atomic mass is 32.2. The molecule has 0 saturated carbocycles. The number of sulfonamides is 1. The number of carbonyl (C=O) groups is 1. The Kier molecular flexibility index (Phi) is 4.99. The molecule has 1 amide bonds. The third-order valence-electron chi connectivity index (χ3n) is 3.43. The molecule has 2 aromatic rings. The Hall–Kier alpha value is -2.42. The molecular formula is C14H19N5O3S. The number of anilines is 1. The summed E-state index contributed by atoms with van der Waals surface area (Å²) in [7, 11) is -0.0583. The quantitative estimate of drug-likeness (QED) is 0.811. The minimum Gasteiger partial charge on any atom is -0.352 e. The molecular weight excluding hydrogens is 318 g/mol. The summed E-state index contributed by atoms with van der Waals surface area (Å²) in [5, 5.41) is 6.75. The molecule has 0 fully saturated rings. The van der Waals surface area contributed by atoms with Gasteiger partial charge in [0.25, 0.3) is 5.91 Å². The molecule has 9 heteroatoms. The summed E-state index contributed by atoms with van der Waals surface area (Å²) in [5.74, 6) is 0.566. The van der Waals surface area contributed by atoms with Crippen LogP contribution in [0.25, 0.3) is 0 Å². The van der Waals surface area contributed by atoms with Gasteiger partial charge in [-0.05, 0) is 24.3 Å². The second-order valence-electron chi connectivity index (χ2n) is 5.08. The van der Waals surface area contributed by atoms with Gasteiger partial charge in [-0.1, -0.05) is 0 Å². The largest absolute Gasteiger partial charge is 0.352 e. The number of benzene rings is 1. The molecule has 124 valence electrons. The van der Waals surface area contributed by atoms with Crippen LogP contribution in [0.1, 0.15) is 16.2 Å². The fourth-order valence-corrected chi connectivity index (χ4v) is 2.46. The zero-order chi connectivity index (χ0) is 17.0. The first-order valence-corrected chi connectivity index (χ1v) is 8.79. The Morgan fingerprint density at radius 1 is 1.30 bits per heavy atom. The van der Waals surface area contributed by atoms with Gasteiger partial charge in [-0.15, -0.1) is 0 Å². The van der Waals surface area contributed by atoms with Gasteiger partial charge in [0.2, 0.25) is 10.0 Å². The van der Waals surface area contributed by atoms with Crippen LogP contribution in [0.3, 0.4) is 0 Å². The highest BCUT2D eigenvalue weighted by Crippen LogP contribution is 2.16. The van der Waals surface area contributed by atoms with Gasteiger partial charge in [-0.25, -0.2) is 13.4 Å². The van der Waals surface area contributed by atoms with Gasteiger partial charge < -0.3 is 5.32 Å². The summed E-state index contributed by atoms with van der Waals surface area (Å²) < 4.78 is 25.7. The summed E-state index contributed by atoms with van der Waals surface area (Å²) in [6, 6.07) is 6.38. The Morgan fingerprint density at radius 3 is 2.48 bits per heavy atom. The fourth-order valence-electron chi connectivity index (χ4n) is 1.95. The smallest absolute Gasteiger partial charge is 0.251 e. The first-order chi connectivity index (χ1) is 10.8. The van der Waals surface area contributed by atoms with Gasteiger partial charge in [-0.2, -0.15) is 5.10 Å². The van der Waals surface area contributed by atoms with Gasteiger partial charge in [0.1, 0.15) is 12.2 Å². The Labute approximate surface area is 135 Å². The molecule has 1 aromatic heterocycles. The van der Waals surface area contributed by atoms with Gasteiger partial charge in [-0.3, -0.25) is 13.8 Å². The van der Waals surface area contributed by atoms with Crippen LogP contribution in [0.15, 0.2) is 30.6 Å². The van der Waals surface area contributed by atoms with E-state index in [1.165, 1.54) is 13.4 Å². The number of aromatic nitrogens is 3. The van der Waals surface area contributed by atoms with E-state index in [1.807, 2.05) is 0 Å². The van der Waals surface area contributed by atoms with Gasteiger partial charge in [0.05, 0.1) is 11.9 Å². The topological polar surface area (TPSA) is 97.2 Å². The SMILES string of the molecule is CN(c1ccc(C(=O)NCCc2ncnn2C)cc1)S(C)(=O)=O. The molecule has 0 aliphatic carbocycles. The van der Waals surface area contributed by atoms with Crippen LogP contribution in [-0.2, 0) is 23.5 Å². The number of nitrogens with zero attached hydrogens (tertiary/aromatic N) is 4. The van der Waals surface area contributed by atoms with Crippen LogP contribution < -0.4 is 9.62 Å². The van der Waals surface area contributed by atoms with E-state index in [4.69, 9.17) is 0 Å². The van der Waals surface area contributed by atoms with Crippen molar-refractivity contribution >= 4 is 21.6 Å². The molecule has 1 aromatic carbocycles. The van der Waals surface area contributed by atoms with Crippen molar-refractivity contribution in [3.8, 4) is 0 Å². The Bertz CT molecular complexity index is 783. The first kappa shape index (κ1) is 16.9. The predicted octanol–water partition coefficient (Wildman–Crippen LogP) is 0.183. The maximum absolute atomic E-state index is 12.1. The fraction of sp³-hybridized carbons (Fsp3) is 0.357. The summed E-state index contributed by atoms with van der Waals surface area (Å²) in [4.78, 5) is 16.1. The van der Waals surface area contributed by atoms with Crippen molar-refractivity contribution in [3.63, 3.8) is 0 Å². The van der Waals surface area contributed by atoms with Crippen molar-refractivity contribution in [2.45, 2.75) is 6.42 Å². The van der Waals surface area contributed by atoms with Crippen molar-refractivity contribution in [1.29, 1.82) is 0 Å². The van der Waals surface area contributed by atoms with E-state index in [2.05, 4.69) is 15.4 Å². The Morgan fingerprint density at radius 2 is 1.96 bits per heavy atom. The zero-order valence-corrected chi connectivity index (χ0v) is 14.0. The summed E-state index contributed by atoms with van der Waals surface area (Å²) >= 11 is 0. The van der Waals surface area contributed by atoms with Crippen LogP contribution in [0.5, 0.6) is 0 Å². The number of aryl methyl sites for hydroxylation is 1.